The third kappa shape index (κ3) is 5.19. The van der Waals surface area contributed by atoms with Crippen LogP contribution in [0.4, 0.5) is 9.52 Å². The van der Waals surface area contributed by atoms with Gasteiger partial charge in [0.1, 0.15) is 0 Å². The number of carbonyl (C=O) groups excluding carboxylic acids is 1. The molecule has 24 heavy (non-hydrogen) atoms. The van der Waals surface area contributed by atoms with Gasteiger partial charge in [0.05, 0.1) is 19.9 Å². The Kier molecular flexibility index (Phi) is 6.99. The van der Waals surface area contributed by atoms with Crippen LogP contribution in [-0.4, -0.2) is 31.7 Å². The number of esters is 1. The van der Waals surface area contributed by atoms with Gasteiger partial charge in [-0.05, 0) is 31.0 Å². The van der Waals surface area contributed by atoms with Crippen LogP contribution in [0.2, 0.25) is 0 Å². The third-order valence-electron chi connectivity index (χ3n) is 3.51. The van der Waals surface area contributed by atoms with Crippen LogP contribution >= 0.6 is 11.3 Å². The maximum Gasteiger partial charge on any atom is 0.305 e. The molecule has 7 heteroatoms. The standard InChI is InChI=1S/C17H21FN2O3S/c1-22-15-8-7-12(10-13(15)18)14-11-24-17(20-14)19-9-5-3-4-6-16(21)23-2/h7-8,10-11H,3-6,9H2,1-2H3,(H,19,20). The fourth-order valence-corrected chi connectivity index (χ4v) is 2.93. The zero-order valence-electron chi connectivity index (χ0n) is 13.8. The first kappa shape index (κ1) is 18.2. The quantitative estimate of drug-likeness (QED) is 0.544. The molecular weight excluding hydrogens is 331 g/mol. The fourth-order valence-electron chi connectivity index (χ4n) is 2.18. The number of anilines is 1. The third-order valence-corrected chi connectivity index (χ3v) is 4.31. The Morgan fingerprint density at radius 1 is 1.29 bits per heavy atom. The number of halogens is 1. The highest BCUT2D eigenvalue weighted by molar-refractivity contribution is 7.14. The van der Waals surface area contributed by atoms with Crippen molar-refractivity contribution in [1.82, 2.24) is 4.98 Å². The molecule has 0 aliphatic rings. The van der Waals surface area contributed by atoms with E-state index in [-0.39, 0.29) is 11.7 Å². The topological polar surface area (TPSA) is 60.5 Å². The maximum absolute atomic E-state index is 13.7. The summed E-state index contributed by atoms with van der Waals surface area (Å²) >= 11 is 1.48. The minimum Gasteiger partial charge on any atom is -0.494 e. The Labute approximate surface area is 144 Å². The van der Waals surface area contributed by atoms with Crippen molar-refractivity contribution < 1.29 is 18.7 Å². The number of nitrogens with zero attached hydrogens (tertiary/aromatic N) is 1. The van der Waals surface area contributed by atoms with Crippen LogP contribution < -0.4 is 10.1 Å². The van der Waals surface area contributed by atoms with Crippen molar-refractivity contribution >= 4 is 22.4 Å². The van der Waals surface area contributed by atoms with Crippen LogP contribution in [-0.2, 0) is 9.53 Å². The smallest absolute Gasteiger partial charge is 0.305 e. The molecule has 0 fully saturated rings. The molecule has 2 aromatic rings. The number of methoxy groups -OCH3 is 2. The monoisotopic (exact) mass is 352 g/mol. The highest BCUT2D eigenvalue weighted by atomic mass is 32.1. The largest absolute Gasteiger partial charge is 0.494 e. The van der Waals surface area contributed by atoms with Crippen molar-refractivity contribution in [3.05, 3.63) is 29.4 Å². The summed E-state index contributed by atoms with van der Waals surface area (Å²) in [6, 6.07) is 4.80. The van der Waals surface area contributed by atoms with Gasteiger partial charge in [-0.25, -0.2) is 9.37 Å². The molecule has 0 radical (unpaired) electrons. The van der Waals surface area contributed by atoms with Gasteiger partial charge in [0, 0.05) is 23.9 Å². The molecule has 0 saturated heterocycles. The fraction of sp³-hybridized carbons (Fsp3) is 0.412. The van der Waals surface area contributed by atoms with Gasteiger partial charge in [-0.1, -0.05) is 6.42 Å². The Balaban J connectivity index is 1.79. The lowest BCUT2D eigenvalue weighted by atomic mass is 10.1. The number of nitrogens with one attached hydrogen (secondary N) is 1. The molecule has 0 amide bonds. The van der Waals surface area contributed by atoms with Gasteiger partial charge >= 0.3 is 5.97 Å². The predicted molar refractivity (Wildman–Crippen MR) is 93.0 cm³/mol. The van der Waals surface area contributed by atoms with Gasteiger partial charge < -0.3 is 14.8 Å². The molecule has 0 bridgehead atoms. The molecule has 1 aromatic heterocycles. The highest BCUT2D eigenvalue weighted by Gasteiger charge is 2.08. The van der Waals surface area contributed by atoms with Crippen LogP contribution in [0.15, 0.2) is 23.6 Å². The summed E-state index contributed by atoms with van der Waals surface area (Å²) in [4.78, 5) is 15.4. The molecule has 0 atom stereocenters. The summed E-state index contributed by atoms with van der Waals surface area (Å²) in [6.45, 7) is 0.783. The molecule has 0 aliphatic heterocycles. The number of ether oxygens (including phenoxy) is 2. The van der Waals surface area contributed by atoms with Crippen molar-refractivity contribution in [3.8, 4) is 17.0 Å². The number of unbranched alkanes of at least 4 members (excludes halogenated alkanes) is 2. The summed E-state index contributed by atoms with van der Waals surface area (Å²) in [6.07, 6.45) is 3.18. The van der Waals surface area contributed by atoms with Crippen molar-refractivity contribution in [1.29, 1.82) is 0 Å². The van der Waals surface area contributed by atoms with Gasteiger partial charge in [0.25, 0.3) is 0 Å². The Bertz CT molecular complexity index is 676. The van der Waals surface area contributed by atoms with E-state index in [1.165, 1.54) is 31.6 Å². The number of hydrogen-bond donors (Lipinski definition) is 1. The number of aromatic nitrogens is 1. The lowest BCUT2D eigenvalue weighted by Crippen LogP contribution is -2.03. The average Bonchev–Trinajstić information content (AvgIpc) is 3.06. The van der Waals surface area contributed by atoms with E-state index in [9.17, 15) is 9.18 Å². The SMILES string of the molecule is COC(=O)CCCCCNc1nc(-c2ccc(OC)c(F)c2)cs1. The lowest BCUT2D eigenvalue weighted by molar-refractivity contribution is -0.140. The highest BCUT2D eigenvalue weighted by Crippen LogP contribution is 2.28. The summed E-state index contributed by atoms with van der Waals surface area (Å²) in [5.41, 5.74) is 1.45. The summed E-state index contributed by atoms with van der Waals surface area (Å²) < 4.78 is 23.3. The van der Waals surface area contributed by atoms with E-state index in [4.69, 9.17) is 4.74 Å². The van der Waals surface area contributed by atoms with E-state index >= 15 is 0 Å². The molecule has 1 N–H and O–H groups in total. The number of thiazole rings is 1. The van der Waals surface area contributed by atoms with Gasteiger partial charge in [-0.2, -0.15) is 0 Å². The second-order valence-corrected chi connectivity index (χ2v) is 6.06. The van der Waals surface area contributed by atoms with Crippen LogP contribution in [0.1, 0.15) is 25.7 Å². The molecule has 1 aromatic carbocycles. The van der Waals surface area contributed by atoms with Gasteiger partial charge in [-0.3, -0.25) is 4.79 Å². The second-order valence-electron chi connectivity index (χ2n) is 5.20. The van der Waals surface area contributed by atoms with E-state index < -0.39 is 5.82 Å². The molecule has 2 rings (SSSR count). The second kappa shape index (κ2) is 9.22. The zero-order chi connectivity index (χ0) is 17.4. The Morgan fingerprint density at radius 3 is 2.83 bits per heavy atom. The summed E-state index contributed by atoms with van der Waals surface area (Å²) in [5.74, 6) is -0.346. The maximum atomic E-state index is 13.7. The zero-order valence-corrected chi connectivity index (χ0v) is 14.6. The van der Waals surface area contributed by atoms with Crippen molar-refractivity contribution in [2.75, 3.05) is 26.1 Å². The van der Waals surface area contributed by atoms with E-state index in [0.717, 1.165) is 42.2 Å². The van der Waals surface area contributed by atoms with E-state index in [0.29, 0.717) is 6.42 Å². The Hall–Kier alpha value is -2.15. The van der Waals surface area contributed by atoms with Crippen LogP contribution in [0, 0.1) is 5.82 Å². The molecule has 5 nitrogen and oxygen atoms in total. The lowest BCUT2D eigenvalue weighted by Gasteiger charge is -2.04. The average molecular weight is 352 g/mol. The number of hydrogen-bond acceptors (Lipinski definition) is 6. The molecular formula is C17H21FN2O3S. The van der Waals surface area contributed by atoms with Crippen LogP contribution in [0.3, 0.4) is 0 Å². The van der Waals surface area contributed by atoms with Crippen LogP contribution in [0.5, 0.6) is 5.75 Å². The van der Waals surface area contributed by atoms with E-state index in [2.05, 4.69) is 15.0 Å². The molecule has 0 unspecified atom stereocenters. The minimum absolute atomic E-state index is 0.167. The number of carbonyl (C=O) groups is 1. The van der Waals surface area contributed by atoms with E-state index in [1.54, 1.807) is 12.1 Å². The summed E-state index contributed by atoms with van der Waals surface area (Å²) in [7, 11) is 2.84. The molecule has 1 heterocycles. The number of rotatable bonds is 9. The molecule has 0 aliphatic carbocycles. The number of benzene rings is 1. The molecule has 130 valence electrons. The van der Waals surface area contributed by atoms with Crippen molar-refractivity contribution in [2.45, 2.75) is 25.7 Å². The molecule has 0 saturated carbocycles. The first-order valence-electron chi connectivity index (χ1n) is 7.74. The van der Waals surface area contributed by atoms with Gasteiger partial charge in [0.15, 0.2) is 16.7 Å². The van der Waals surface area contributed by atoms with E-state index in [1.807, 2.05) is 5.38 Å². The van der Waals surface area contributed by atoms with Crippen molar-refractivity contribution in [3.63, 3.8) is 0 Å². The first-order chi connectivity index (χ1) is 11.6. The summed E-state index contributed by atoms with van der Waals surface area (Å²) in [5, 5.41) is 5.94. The minimum atomic E-state index is -0.400. The molecule has 0 spiro atoms. The Morgan fingerprint density at radius 2 is 2.12 bits per heavy atom. The van der Waals surface area contributed by atoms with Crippen molar-refractivity contribution in [2.24, 2.45) is 0 Å². The predicted octanol–water partition coefficient (Wildman–Crippen LogP) is 4.10. The van der Waals surface area contributed by atoms with Gasteiger partial charge in [-0.15, -0.1) is 11.3 Å². The van der Waals surface area contributed by atoms with Crippen LogP contribution in [0.25, 0.3) is 11.3 Å². The normalized spacial score (nSPS) is 10.5. The first-order valence-corrected chi connectivity index (χ1v) is 8.62. The van der Waals surface area contributed by atoms with Gasteiger partial charge in [0.2, 0.25) is 0 Å².